The standard InChI is InChI=1S/C45H66N2O10/c1-42-16-13-27(56-22-8-21-55-4)23-32(42)33(49)24-31-30(42)14-17-43(2)34(15-18-45(31,43)54)44(3,53)39(50)37-29(25-48)35-28(12-11-26-9-6-5-7-10-26)36(41(52)47-19-20-47)46-40(51)38(35)57-37/h5-7,9-10,24,27-30,32,34-40,46,48,50-51,53-54H,8,11-23,25H2,1-4H3/t27-,28-,29+,30-,32-,34-,35+,36+,37-,38-,39+,40+,42+,43+,44-,45+/m0/s1. The van der Waals surface area contributed by atoms with Gasteiger partial charge in [0, 0.05) is 63.2 Å². The predicted molar refractivity (Wildman–Crippen MR) is 210 cm³/mol. The third kappa shape index (κ3) is 6.87. The summed E-state index contributed by atoms with van der Waals surface area (Å²) in [6.07, 6.45) is 3.77. The van der Waals surface area contributed by atoms with E-state index in [0.717, 1.165) is 36.8 Å². The van der Waals surface area contributed by atoms with Gasteiger partial charge >= 0.3 is 0 Å². The molecule has 8 rings (SSSR count). The van der Waals surface area contributed by atoms with Gasteiger partial charge in [0.1, 0.15) is 18.4 Å². The molecule has 12 nitrogen and oxygen atoms in total. The fraction of sp³-hybridized carbons (Fsp3) is 0.778. The summed E-state index contributed by atoms with van der Waals surface area (Å²) in [5.41, 5.74) is -2.40. The lowest BCUT2D eigenvalue weighted by Crippen LogP contribution is -2.63. The van der Waals surface area contributed by atoms with Crippen LogP contribution in [0.2, 0.25) is 0 Å². The Kier molecular flexibility index (Phi) is 11.4. The van der Waals surface area contributed by atoms with Crippen LogP contribution in [-0.4, -0.2) is 130 Å². The normalized spacial score (nSPS) is 43.9. The number of fused-ring (bicyclic) bond motifs is 6. The summed E-state index contributed by atoms with van der Waals surface area (Å²) in [4.78, 5) is 29.4. The Morgan fingerprint density at radius 1 is 1.07 bits per heavy atom. The molecule has 1 aromatic carbocycles. The van der Waals surface area contributed by atoms with Crippen molar-refractivity contribution in [3.8, 4) is 0 Å². The Morgan fingerprint density at radius 3 is 2.53 bits per heavy atom. The van der Waals surface area contributed by atoms with Crippen molar-refractivity contribution in [2.24, 2.45) is 46.3 Å². The number of aliphatic hydroxyl groups excluding tert-OH is 3. The number of hydrogen-bond donors (Lipinski definition) is 6. The SMILES string of the molecule is COCCCO[C@H]1CC[C@@]2(C)[C@@H](C1)C(=O)C=C1[C@@H]2CC[C@]2(C)[C@@H]([C@](C)(O)[C@H](O)[C@H]3O[C@H]4[C@@H]([C@H]3CO)[C@H](CCc3ccccc3)[C@H](C(=O)N3CC3)N[C@@H]4O)CC[C@@]12O. The first-order valence-electron chi connectivity index (χ1n) is 21.7. The van der Waals surface area contributed by atoms with E-state index < -0.39 is 65.0 Å². The van der Waals surface area contributed by atoms with Crippen LogP contribution in [0.5, 0.6) is 0 Å². The zero-order valence-electron chi connectivity index (χ0n) is 34.2. The number of nitrogens with zero attached hydrogens (tertiary/aromatic N) is 1. The van der Waals surface area contributed by atoms with Gasteiger partial charge in [0.2, 0.25) is 5.91 Å². The molecular weight excluding hydrogens is 728 g/mol. The second-order valence-corrected chi connectivity index (χ2v) is 19.4. The fourth-order valence-electron chi connectivity index (χ4n) is 13.3. The predicted octanol–water partition coefficient (Wildman–Crippen LogP) is 2.77. The molecular formula is C45H66N2O10. The summed E-state index contributed by atoms with van der Waals surface area (Å²) >= 11 is 0. The van der Waals surface area contributed by atoms with Crippen LogP contribution in [0.25, 0.3) is 0 Å². The molecule has 0 unspecified atom stereocenters. The average molecular weight is 795 g/mol. The molecule has 0 aromatic heterocycles. The van der Waals surface area contributed by atoms with Crippen LogP contribution in [0.3, 0.4) is 0 Å². The highest BCUT2D eigenvalue weighted by atomic mass is 16.5. The molecule has 7 aliphatic rings. The number of hydrogen-bond acceptors (Lipinski definition) is 11. The quantitative estimate of drug-likeness (QED) is 0.128. The Hall–Kier alpha value is -2.26. The number of carbonyl (C=O) groups is 2. The Morgan fingerprint density at radius 2 is 1.82 bits per heavy atom. The number of ketones is 1. The highest BCUT2D eigenvalue weighted by Gasteiger charge is 2.70. The molecule has 6 N–H and O–H groups in total. The van der Waals surface area contributed by atoms with E-state index in [1.54, 1.807) is 25.0 Å². The molecule has 16 atom stereocenters. The molecule has 0 radical (unpaired) electrons. The van der Waals surface area contributed by atoms with Crippen LogP contribution in [-0.2, 0) is 30.2 Å². The summed E-state index contributed by atoms with van der Waals surface area (Å²) in [5.74, 6) is -2.22. The molecule has 3 saturated heterocycles. The molecule has 0 bridgehead atoms. The van der Waals surface area contributed by atoms with Gasteiger partial charge in [0.05, 0.1) is 29.5 Å². The minimum atomic E-state index is -1.77. The van der Waals surface area contributed by atoms with Crippen molar-refractivity contribution < 1.29 is 49.3 Å². The van der Waals surface area contributed by atoms with Crippen LogP contribution < -0.4 is 5.32 Å². The Labute approximate surface area is 337 Å². The monoisotopic (exact) mass is 794 g/mol. The number of amides is 1. The number of rotatable bonds is 13. The van der Waals surface area contributed by atoms with Gasteiger partial charge in [-0.2, -0.15) is 0 Å². The van der Waals surface area contributed by atoms with Crippen molar-refractivity contribution in [3.05, 3.63) is 47.5 Å². The lowest BCUT2D eigenvalue weighted by atomic mass is 9.46. The van der Waals surface area contributed by atoms with Gasteiger partial charge in [-0.15, -0.1) is 0 Å². The summed E-state index contributed by atoms with van der Waals surface area (Å²) in [5, 5.41) is 63.6. The van der Waals surface area contributed by atoms with Crippen LogP contribution in [0.15, 0.2) is 42.0 Å². The van der Waals surface area contributed by atoms with E-state index in [1.165, 1.54) is 0 Å². The van der Waals surface area contributed by atoms with Crippen molar-refractivity contribution in [1.82, 2.24) is 10.2 Å². The molecule has 3 heterocycles. The van der Waals surface area contributed by atoms with E-state index in [9.17, 15) is 35.1 Å². The summed E-state index contributed by atoms with van der Waals surface area (Å²) in [7, 11) is 1.68. The van der Waals surface area contributed by atoms with Crippen molar-refractivity contribution in [2.75, 3.05) is 40.0 Å². The highest BCUT2D eigenvalue weighted by molar-refractivity contribution is 5.95. The molecule has 0 spiro atoms. The number of allylic oxidation sites excluding steroid dienone is 1. The highest BCUT2D eigenvalue weighted by Crippen LogP contribution is 2.69. The maximum atomic E-state index is 14.0. The fourth-order valence-corrected chi connectivity index (χ4v) is 13.3. The maximum Gasteiger partial charge on any atom is 0.240 e. The van der Waals surface area contributed by atoms with E-state index in [1.807, 2.05) is 37.3 Å². The zero-order chi connectivity index (χ0) is 40.5. The van der Waals surface area contributed by atoms with Gasteiger partial charge in [-0.1, -0.05) is 44.2 Å². The molecule has 57 heavy (non-hydrogen) atoms. The van der Waals surface area contributed by atoms with Crippen LogP contribution >= 0.6 is 0 Å². The lowest BCUT2D eigenvalue weighted by Gasteiger charge is -2.60. The molecule has 1 amide bonds. The molecule has 4 aliphatic carbocycles. The Balaban J connectivity index is 1.03. The molecule has 3 saturated carbocycles. The zero-order valence-corrected chi connectivity index (χ0v) is 34.2. The van der Waals surface area contributed by atoms with Crippen molar-refractivity contribution in [1.29, 1.82) is 0 Å². The van der Waals surface area contributed by atoms with Crippen molar-refractivity contribution >= 4 is 11.7 Å². The van der Waals surface area contributed by atoms with Crippen molar-refractivity contribution in [3.63, 3.8) is 0 Å². The third-order valence-corrected chi connectivity index (χ3v) is 16.6. The first kappa shape index (κ1) is 41.5. The van der Waals surface area contributed by atoms with Gasteiger partial charge in [-0.25, -0.2) is 0 Å². The van der Waals surface area contributed by atoms with E-state index in [4.69, 9.17) is 14.2 Å². The second kappa shape index (κ2) is 15.6. The molecule has 3 aliphatic heterocycles. The smallest absolute Gasteiger partial charge is 0.240 e. The van der Waals surface area contributed by atoms with E-state index in [0.29, 0.717) is 64.8 Å². The van der Waals surface area contributed by atoms with E-state index >= 15 is 0 Å². The average Bonchev–Trinajstić information content (AvgIpc) is 3.91. The molecule has 6 fully saturated rings. The number of aryl methyl sites for hydroxylation is 1. The number of nitrogens with one attached hydrogen (secondary N) is 1. The van der Waals surface area contributed by atoms with Crippen LogP contribution in [0.4, 0.5) is 0 Å². The van der Waals surface area contributed by atoms with Crippen LogP contribution in [0.1, 0.15) is 84.1 Å². The number of aliphatic hydroxyl groups is 5. The largest absolute Gasteiger partial charge is 0.396 e. The number of piperidine rings is 1. The van der Waals surface area contributed by atoms with Gasteiger partial charge in [0.25, 0.3) is 0 Å². The number of ether oxygens (including phenoxy) is 3. The topological polar surface area (TPSA) is 178 Å². The first-order valence-corrected chi connectivity index (χ1v) is 21.7. The lowest BCUT2D eigenvalue weighted by molar-refractivity contribution is -0.203. The van der Waals surface area contributed by atoms with E-state index in [2.05, 4.69) is 12.2 Å². The number of benzene rings is 1. The molecule has 316 valence electrons. The maximum absolute atomic E-state index is 14.0. The number of carbonyl (C=O) groups excluding carboxylic acids is 2. The minimum Gasteiger partial charge on any atom is -0.396 e. The van der Waals surface area contributed by atoms with Gasteiger partial charge in [-0.3, -0.25) is 14.9 Å². The first-order chi connectivity index (χ1) is 27.2. The third-order valence-electron chi connectivity index (χ3n) is 16.6. The minimum absolute atomic E-state index is 0.0193. The Bertz CT molecular complexity index is 1670. The van der Waals surface area contributed by atoms with Gasteiger partial charge < -0.3 is 44.6 Å². The van der Waals surface area contributed by atoms with Crippen molar-refractivity contribution in [2.45, 2.75) is 133 Å². The summed E-state index contributed by atoms with van der Waals surface area (Å²) in [6, 6.07) is 9.33. The van der Waals surface area contributed by atoms with Gasteiger partial charge in [0.15, 0.2) is 5.78 Å². The second-order valence-electron chi connectivity index (χ2n) is 19.4. The van der Waals surface area contributed by atoms with Crippen LogP contribution in [0, 0.1) is 46.3 Å². The molecule has 1 aromatic rings. The van der Waals surface area contributed by atoms with E-state index in [-0.39, 0.29) is 47.6 Å². The molecule has 12 heteroatoms. The summed E-state index contributed by atoms with van der Waals surface area (Å²) in [6.45, 7) is 8.04. The van der Waals surface area contributed by atoms with Gasteiger partial charge in [-0.05, 0) is 112 Å². The number of methoxy groups -OCH3 is 1. The summed E-state index contributed by atoms with van der Waals surface area (Å²) < 4.78 is 17.9.